The lowest BCUT2D eigenvalue weighted by molar-refractivity contribution is 0.196. The van der Waals surface area contributed by atoms with Crippen LogP contribution in [-0.4, -0.2) is 41.0 Å². The lowest BCUT2D eigenvalue weighted by Crippen LogP contribution is -2.43. The highest BCUT2D eigenvalue weighted by Gasteiger charge is 2.23. The molecule has 1 aliphatic heterocycles. The fourth-order valence-corrected chi connectivity index (χ4v) is 3.38. The number of benzene rings is 1. The Balaban J connectivity index is 1.59. The summed E-state index contributed by atoms with van der Waals surface area (Å²) in [5.41, 5.74) is 4.21. The monoisotopic (exact) mass is 298 g/mol. The summed E-state index contributed by atoms with van der Waals surface area (Å²) in [5, 5.41) is 0. The van der Waals surface area contributed by atoms with E-state index < -0.39 is 0 Å². The maximum absolute atomic E-state index is 4.33. The number of H-pyrrole nitrogens is 1. The second-order valence-electron chi connectivity index (χ2n) is 6.39. The van der Waals surface area contributed by atoms with Crippen LogP contribution in [0.1, 0.15) is 29.8 Å². The van der Waals surface area contributed by atoms with E-state index in [1.54, 1.807) is 0 Å². The van der Waals surface area contributed by atoms with Gasteiger partial charge in [-0.3, -0.25) is 4.90 Å². The standard InChI is InChI=1S/C18H26N4/c1-14-5-4-6-17(15(14)2)22-11-7-16(8-12-22)21(3)13-18-19-9-10-20-18/h4-6,9-10,16H,7-8,11-13H2,1-3H3,(H,19,20). The first-order chi connectivity index (χ1) is 10.6. The predicted octanol–water partition coefficient (Wildman–Crippen LogP) is 3.13. The first-order valence-corrected chi connectivity index (χ1v) is 8.15. The smallest absolute Gasteiger partial charge is 0.120 e. The first kappa shape index (κ1) is 15.1. The first-order valence-electron chi connectivity index (χ1n) is 8.15. The topological polar surface area (TPSA) is 35.2 Å². The number of hydrogen-bond donors (Lipinski definition) is 1. The van der Waals surface area contributed by atoms with Gasteiger partial charge in [-0.25, -0.2) is 4.98 Å². The molecule has 1 N–H and O–H groups in total. The third-order valence-corrected chi connectivity index (χ3v) is 4.96. The SMILES string of the molecule is Cc1cccc(N2CCC(N(C)Cc3ncc[nH]3)CC2)c1C. The number of anilines is 1. The van der Waals surface area contributed by atoms with Crippen molar-refractivity contribution in [2.75, 3.05) is 25.0 Å². The van der Waals surface area contributed by atoms with E-state index in [0.29, 0.717) is 6.04 Å². The molecule has 2 aromatic rings. The average Bonchev–Trinajstić information content (AvgIpc) is 3.03. The Labute approximate surface area is 133 Å². The highest BCUT2D eigenvalue weighted by molar-refractivity contribution is 5.56. The highest BCUT2D eigenvalue weighted by atomic mass is 15.2. The van der Waals surface area contributed by atoms with E-state index in [0.717, 1.165) is 25.5 Å². The van der Waals surface area contributed by atoms with Crippen molar-refractivity contribution in [3.05, 3.63) is 47.5 Å². The molecule has 0 saturated carbocycles. The number of piperidine rings is 1. The molecule has 3 rings (SSSR count). The molecule has 0 bridgehead atoms. The summed E-state index contributed by atoms with van der Waals surface area (Å²) in [6, 6.07) is 7.27. The zero-order chi connectivity index (χ0) is 15.5. The van der Waals surface area contributed by atoms with Crippen LogP contribution in [0.4, 0.5) is 5.69 Å². The Morgan fingerprint density at radius 3 is 2.73 bits per heavy atom. The lowest BCUT2D eigenvalue weighted by Gasteiger charge is -2.38. The van der Waals surface area contributed by atoms with Gasteiger partial charge < -0.3 is 9.88 Å². The Kier molecular flexibility index (Phi) is 4.48. The molecule has 0 atom stereocenters. The lowest BCUT2D eigenvalue weighted by atomic mass is 10.0. The molecule has 0 spiro atoms. The van der Waals surface area contributed by atoms with Gasteiger partial charge in [0.2, 0.25) is 0 Å². The molecule has 1 saturated heterocycles. The summed E-state index contributed by atoms with van der Waals surface area (Å²) in [7, 11) is 2.21. The van der Waals surface area contributed by atoms with Gasteiger partial charge in [0.15, 0.2) is 0 Å². The number of aromatic amines is 1. The Morgan fingerprint density at radius 1 is 1.27 bits per heavy atom. The number of imidazole rings is 1. The fourth-order valence-electron chi connectivity index (χ4n) is 3.38. The zero-order valence-corrected chi connectivity index (χ0v) is 13.8. The summed E-state index contributed by atoms with van der Waals surface area (Å²) in [6.45, 7) is 7.61. The second kappa shape index (κ2) is 6.53. The molecule has 0 unspecified atom stereocenters. The van der Waals surface area contributed by atoms with Gasteiger partial charge in [0.05, 0.1) is 6.54 Å². The summed E-state index contributed by atoms with van der Waals surface area (Å²) in [5.74, 6) is 1.06. The minimum atomic E-state index is 0.645. The van der Waals surface area contributed by atoms with Gasteiger partial charge in [0.1, 0.15) is 5.82 Å². The summed E-state index contributed by atoms with van der Waals surface area (Å²) >= 11 is 0. The summed E-state index contributed by atoms with van der Waals surface area (Å²) in [6.07, 6.45) is 6.15. The molecule has 1 aromatic carbocycles. The number of nitrogens with one attached hydrogen (secondary N) is 1. The van der Waals surface area contributed by atoms with Crippen LogP contribution >= 0.6 is 0 Å². The highest BCUT2D eigenvalue weighted by Crippen LogP contribution is 2.27. The quantitative estimate of drug-likeness (QED) is 0.942. The Morgan fingerprint density at radius 2 is 2.05 bits per heavy atom. The molecular formula is C18H26N4. The molecule has 2 heterocycles. The molecule has 0 amide bonds. The van der Waals surface area contributed by atoms with Crippen molar-refractivity contribution in [3.8, 4) is 0 Å². The zero-order valence-electron chi connectivity index (χ0n) is 13.8. The largest absolute Gasteiger partial charge is 0.371 e. The molecule has 1 fully saturated rings. The van der Waals surface area contributed by atoms with E-state index in [9.17, 15) is 0 Å². The van der Waals surface area contributed by atoms with Gasteiger partial charge in [-0.2, -0.15) is 0 Å². The normalized spacial score (nSPS) is 16.5. The van der Waals surface area contributed by atoms with Crippen LogP contribution in [0.15, 0.2) is 30.6 Å². The van der Waals surface area contributed by atoms with E-state index in [-0.39, 0.29) is 0 Å². The van der Waals surface area contributed by atoms with Crippen molar-refractivity contribution >= 4 is 5.69 Å². The van der Waals surface area contributed by atoms with E-state index in [4.69, 9.17) is 0 Å². The number of nitrogens with zero attached hydrogens (tertiary/aromatic N) is 3. The van der Waals surface area contributed by atoms with Crippen LogP contribution in [0, 0.1) is 13.8 Å². The minimum Gasteiger partial charge on any atom is -0.371 e. The van der Waals surface area contributed by atoms with Crippen LogP contribution in [0.3, 0.4) is 0 Å². The van der Waals surface area contributed by atoms with E-state index in [2.05, 4.69) is 58.9 Å². The molecular weight excluding hydrogens is 272 g/mol. The summed E-state index contributed by atoms with van der Waals surface area (Å²) in [4.78, 5) is 12.5. The number of hydrogen-bond acceptors (Lipinski definition) is 3. The maximum atomic E-state index is 4.33. The van der Waals surface area contributed by atoms with Crippen LogP contribution in [0.5, 0.6) is 0 Å². The van der Waals surface area contributed by atoms with Gasteiger partial charge in [0.25, 0.3) is 0 Å². The van der Waals surface area contributed by atoms with Crippen molar-refractivity contribution in [2.45, 2.75) is 39.3 Å². The number of aryl methyl sites for hydroxylation is 1. The van der Waals surface area contributed by atoms with Crippen LogP contribution in [0.2, 0.25) is 0 Å². The molecule has 22 heavy (non-hydrogen) atoms. The van der Waals surface area contributed by atoms with Gasteiger partial charge in [0, 0.05) is 37.2 Å². The van der Waals surface area contributed by atoms with Gasteiger partial charge >= 0.3 is 0 Å². The number of rotatable bonds is 4. The molecule has 4 heteroatoms. The molecule has 4 nitrogen and oxygen atoms in total. The van der Waals surface area contributed by atoms with E-state index in [1.807, 2.05) is 12.4 Å². The van der Waals surface area contributed by atoms with Crippen LogP contribution in [0.25, 0.3) is 0 Å². The molecule has 118 valence electrons. The molecule has 0 radical (unpaired) electrons. The van der Waals surface area contributed by atoms with Gasteiger partial charge in [-0.15, -0.1) is 0 Å². The van der Waals surface area contributed by atoms with Crippen molar-refractivity contribution in [3.63, 3.8) is 0 Å². The second-order valence-corrected chi connectivity index (χ2v) is 6.39. The van der Waals surface area contributed by atoms with Crippen molar-refractivity contribution in [1.29, 1.82) is 0 Å². The molecule has 1 aliphatic rings. The molecule has 0 aliphatic carbocycles. The van der Waals surface area contributed by atoms with Crippen molar-refractivity contribution in [2.24, 2.45) is 0 Å². The Hall–Kier alpha value is -1.81. The van der Waals surface area contributed by atoms with Crippen molar-refractivity contribution < 1.29 is 0 Å². The predicted molar refractivity (Wildman–Crippen MR) is 91.2 cm³/mol. The molecule has 1 aromatic heterocycles. The summed E-state index contributed by atoms with van der Waals surface area (Å²) < 4.78 is 0. The average molecular weight is 298 g/mol. The fraction of sp³-hybridized carbons (Fsp3) is 0.500. The van der Waals surface area contributed by atoms with Gasteiger partial charge in [-0.05, 0) is 50.9 Å². The third-order valence-electron chi connectivity index (χ3n) is 4.96. The van der Waals surface area contributed by atoms with Gasteiger partial charge in [-0.1, -0.05) is 12.1 Å². The Bertz CT molecular complexity index is 598. The van der Waals surface area contributed by atoms with Crippen molar-refractivity contribution in [1.82, 2.24) is 14.9 Å². The third kappa shape index (κ3) is 3.17. The minimum absolute atomic E-state index is 0.645. The van der Waals surface area contributed by atoms with Crippen LogP contribution in [-0.2, 0) is 6.54 Å². The number of aromatic nitrogens is 2. The maximum Gasteiger partial charge on any atom is 0.120 e. The van der Waals surface area contributed by atoms with E-state index >= 15 is 0 Å². The van der Waals surface area contributed by atoms with Crippen LogP contribution < -0.4 is 4.90 Å². The van der Waals surface area contributed by atoms with E-state index in [1.165, 1.54) is 29.7 Å².